The lowest BCUT2D eigenvalue weighted by Gasteiger charge is -2.21. The molecule has 0 aliphatic carbocycles. The van der Waals surface area contributed by atoms with E-state index in [2.05, 4.69) is 11.4 Å². The van der Waals surface area contributed by atoms with Gasteiger partial charge in [-0.15, -0.1) is 0 Å². The first kappa shape index (κ1) is 16.8. The highest BCUT2D eigenvalue weighted by atomic mass is 16.4. The number of carbonyl (C=O) groups excluding carboxylic acids is 1. The van der Waals surface area contributed by atoms with Crippen molar-refractivity contribution in [3.63, 3.8) is 0 Å². The van der Waals surface area contributed by atoms with Gasteiger partial charge in [-0.1, -0.05) is 12.1 Å². The third-order valence-corrected chi connectivity index (χ3v) is 4.41. The highest BCUT2D eigenvalue weighted by molar-refractivity contribution is 5.90. The fraction of sp³-hybridized carbons (Fsp3) is 0.471. The van der Waals surface area contributed by atoms with Crippen molar-refractivity contribution < 1.29 is 14.7 Å². The van der Waals surface area contributed by atoms with Crippen molar-refractivity contribution in [2.45, 2.75) is 32.6 Å². The van der Waals surface area contributed by atoms with Crippen molar-refractivity contribution in [1.82, 2.24) is 4.90 Å². The zero-order valence-electron chi connectivity index (χ0n) is 13.6. The van der Waals surface area contributed by atoms with Crippen LogP contribution in [0.15, 0.2) is 24.3 Å². The second kappa shape index (κ2) is 5.92. The fourth-order valence-corrected chi connectivity index (χ4v) is 2.55. The van der Waals surface area contributed by atoms with E-state index in [4.69, 9.17) is 5.26 Å². The summed E-state index contributed by atoms with van der Waals surface area (Å²) in [6.07, 6.45) is 0.449. The van der Waals surface area contributed by atoms with E-state index in [1.165, 1.54) is 4.90 Å². The molecular weight excluding hydrogens is 294 g/mol. The van der Waals surface area contributed by atoms with E-state index in [-0.39, 0.29) is 12.6 Å². The van der Waals surface area contributed by atoms with Crippen LogP contribution in [0.2, 0.25) is 0 Å². The van der Waals surface area contributed by atoms with Gasteiger partial charge in [0.2, 0.25) is 0 Å². The maximum atomic E-state index is 12.2. The lowest BCUT2D eigenvalue weighted by molar-refractivity contribution is -0.146. The zero-order valence-corrected chi connectivity index (χ0v) is 13.6. The maximum absolute atomic E-state index is 12.2. The highest BCUT2D eigenvalue weighted by Crippen LogP contribution is 2.30. The van der Waals surface area contributed by atoms with Crippen molar-refractivity contribution in [1.29, 1.82) is 5.26 Å². The molecule has 1 heterocycles. The average molecular weight is 315 g/mol. The normalized spacial score (nSPS) is 20.9. The highest BCUT2D eigenvalue weighted by Gasteiger charge is 2.42. The molecule has 6 heteroatoms. The number of hydrogen-bond donors (Lipinski definition) is 2. The van der Waals surface area contributed by atoms with E-state index in [1.807, 2.05) is 26.0 Å². The first-order valence-corrected chi connectivity index (χ1v) is 7.49. The number of aliphatic carboxylic acids is 1. The Bertz CT molecular complexity index is 661. The minimum Gasteiger partial charge on any atom is -0.481 e. The molecule has 1 atom stereocenters. The Morgan fingerprint density at radius 1 is 1.35 bits per heavy atom. The molecule has 0 saturated carbocycles. The van der Waals surface area contributed by atoms with Gasteiger partial charge < -0.3 is 15.3 Å². The number of likely N-dealkylation sites (tertiary alicyclic amines) is 1. The number of nitriles is 1. The minimum atomic E-state index is -0.879. The summed E-state index contributed by atoms with van der Waals surface area (Å²) in [5.74, 6) is -0.879. The molecule has 0 bridgehead atoms. The van der Waals surface area contributed by atoms with E-state index in [0.717, 1.165) is 5.56 Å². The van der Waals surface area contributed by atoms with Crippen LogP contribution < -0.4 is 5.32 Å². The first-order valence-electron chi connectivity index (χ1n) is 7.49. The van der Waals surface area contributed by atoms with Gasteiger partial charge in [0.15, 0.2) is 0 Å². The Kier molecular flexibility index (Phi) is 4.33. The summed E-state index contributed by atoms with van der Waals surface area (Å²) in [6, 6.07) is 9.04. The van der Waals surface area contributed by atoms with Crippen molar-refractivity contribution in [3.05, 3.63) is 29.8 Å². The third-order valence-electron chi connectivity index (χ3n) is 4.41. The van der Waals surface area contributed by atoms with Crippen LogP contribution in [0.5, 0.6) is 0 Å². The van der Waals surface area contributed by atoms with Gasteiger partial charge in [-0.05, 0) is 44.9 Å². The summed E-state index contributed by atoms with van der Waals surface area (Å²) >= 11 is 0. The van der Waals surface area contributed by atoms with Gasteiger partial charge in [-0.3, -0.25) is 4.79 Å². The Morgan fingerprint density at radius 3 is 2.43 bits per heavy atom. The number of nitrogens with one attached hydrogen (secondary N) is 1. The smallest absolute Gasteiger partial charge is 0.321 e. The SMILES string of the molecule is CC1(C(=O)O)CCN(C(=O)Nc2ccc(C(C)(C)C#N)cc2)C1. The quantitative estimate of drug-likeness (QED) is 0.897. The Balaban J connectivity index is 2.02. The fourth-order valence-electron chi connectivity index (χ4n) is 2.55. The van der Waals surface area contributed by atoms with Crippen LogP contribution in [-0.4, -0.2) is 35.1 Å². The number of carbonyl (C=O) groups is 2. The minimum absolute atomic E-state index is 0.202. The zero-order chi connectivity index (χ0) is 17.3. The second-order valence-electron chi connectivity index (χ2n) is 6.78. The molecule has 2 rings (SSSR count). The van der Waals surface area contributed by atoms with Crippen LogP contribution in [-0.2, 0) is 10.2 Å². The molecule has 1 aliphatic heterocycles. The summed E-state index contributed by atoms with van der Waals surface area (Å²) in [6.45, 7) is 5.94. The lowest BCUT2D eigenvalue weighted by atomic mass is 9.86. The summed E-state index contributed by atoms with van der Waals surface area (Å²) in [4.78, 5) is 25.0. The van der Waals surface area contributed by atoms with Crippen molar-refractivity contribution in [2.75, 3.05) is 18.4 Å². The predicted molar refractivity (Wildman–Crippen MR) is 86.0 cm³/mol. The molecule has 0 aromatic heterocycles. The molecule has 2 amide bonds. The summed E-state index contributed by atoms with van der Waals surface area (Å²) in [5.41, 5.74) is 0.0350. The second-order valence-corrected chi connectivity index (χ2v) is 6.78. The Hall–Kier alpha value is -2.55. The van der Waals surface area contributed by atoms with Gasteiger partial charge in [-0.2, -0.15) is 5.26 Å². The number of benzene rings is 1. The molecule has 0 spiro atoms. The molecule has 6 nitrogen and oxygen atoms in total. The largest absolute Gasteiger partial charge is 0.481 e. The van der Waals surface area contributed by atoms with Gasteiger partial charge in [-0.25, -0.2) is 4.79 Å². The number of amides is 2. The van der Waals surface area contributed by atoms with Gasteiger partial charge in [0.25, 0.3) is 0 Å². The van der Waals surface area contributed by atoms with Crippen LogP contribution in [0.25, 0.3) is 0 Å². The molecule has 23 heavy (non-hydrogen) atoms. The molecule has 1 fully saturated rings. The van der Waals surface area contributed by atoms with E-state index in [0.29, 0.717) is 18.7 Å². The topological polar surface area (TPSA) is 93.4 Å². The summed E-state index contributed by atoms with van der Waals surface area (Å²) in [7, 11) is 0. The van der Waals surface area contributed by atoms with Gasteiger partial charge in [0.05, 0.1) is 16.9 Å². The molecule has 1 aromatic rings. The number of rotatable bonds is 3. The third kappa shape index (κ3) is 3.45. The number of carboxylic acid groups (broad SMARTS) is 1. The van der Waals surface area contributed by atoms with E-state index in [1.54, 1.807) is 19.1 Å². The average Bonchev–Trinajstić information content (AvgIpc) is 2.92. The van der Waals surface area contributed by atoms with E-state index in [9.17, 15) is 14.7 Å². The van der Waals surface area contributed by atoms with Gasteiger partial charge in [0.1, 0.15) is 0 Å². The number of hydrogen-bond acceptors (Lipinski definition) is 3. The first-order chi connectivity index (χ1) is 10.7. The monoisotopic (exact) mass is 315 g/mol. The molecule has 1 saturated heterocycles. The summed E-state index contributed by atoms with van der Waals surface area (Å²) in [5, 5.41) is 21.1. The maximum Gasteiger partial charge on any atom is 0.321 e. The molecule has 122 valence electrons. The van der Waals surface area contributed by atoms with Gasteiger partial charge in [0, 0.05) is 18.8 Å². The van der Waals surface area contributed by atoms with Crippen LogP contribution in [0.3, 0.4) is 0 Å². The molecule has 2 N–H and O–H groups in total. The number of urea groups is 1. The van der Waals surface area contributed by atoms with Crippen LogP contribution in [0.1, 0.15) is 32.8 Å². The van der Waals surface area contributed by atoms with Crippen molar-refractivity contribution in [2.24, 2.45) is 5.41 Å². The Morgan fingerprint density at radius 2 is 1.96 bits per heavy atom. The predicted octanol–water partition coefficient (Wildman–Crippen LogP) is 2.82. The van der Waals surface area contributed by atoms with E-state index >= 15 is 0 Å². The van der Waals surface area contributed by atoms with E-state index < -0.39 is 16.8 Å². The number of anilines is 1. The standard InChI is InChI=1S/C17H21N3O3/c1-16(2,10-18)12-4-6-13(7-5-12)19-15(23)20-9-8-17(3,11-20)14(21)22/h4-7H,8-9,11H2,1-3H3,(H,19,23)(H,21,22). The molecule has 1 aromatic carbocycles. The van der Waals surface area contributed by atoms with Gasteiger partial charge >= 0.3 is 12.0 Å². The van der Waals surface area contributed by atoms with Crippen molar-refractivity contribution >= 4 is 17.7 Å². The number of nitrogens with zero attached hydrogens (tertiary/aromatic N) is 2. The number of carboxylic acids is 1. The Labute approximate surface area is 135 Å². The molecular formula is C17H21N3O3. The van der Waals surface area contributed by atoms with Crippen LogP contribution >= 0.6 is 0 Å². The molecule has 1 aliphatic rings. The van der Waals surface area contributed by atoms with Crippen LogP contribution in [0.4, 0.5) is 10.5 Å². The van der Waals surface area contributed by atoms with Crippen molar-refractivity contribution in [3.8, 4) is 6.07 Å². The molecule has 0 radical (unpaired) electrons. The summed E-state index contributed by atoms with van der Waals surface area (Å²) < 4.78 is 0. The molecule has 1 unspecified atom stereocenters. The lowest BCUT2D eigenvalue weighted by Crippen LogP contribution is -2.37. The van der Waals surface area contributed by atoms with Crippen LogP contribution in [0, 0.1) is 16.7 Å².